The van der Waals surface area contributed by atoms with E-state index in [2.05, 4.69) is 17.1 Å². The SMILES string of the molecule is C[C@@H]1CN(Cc2ccc(F)cc2F)CCN1. The Labute approximate surface area is 94.3 Å². The van der Waals surface area contributed by atoms with Crippen LogP contribution in [-0.4, -0.2) is 30.6 Å². The Balaban J connectivity index is 2.02. The maximum atomic E-state index is 13.4. The van der Waals surface area contributed by atoms with Crippen molar-refractivity contribution in [2.45, 2.75) is 19.5 Å². The van der Waals surface area contributed by atoms with Gasteiger partial charge in [0.25, 0.3) is 0 Å². The van der Waals surface area contributed by atoms with Gasteiger partial charge >= 0.3 is 0 Å². The molecule has 1 aliphatic rings. The molecule has 1 atom stereocenters. The molecule has 0 amide bonds. The van der Waals surface area contributed by atoms with Crippen molar-refractivity contribution >= 4 is 0 Å². The van der Waals surface area contributed by atoms with Gasteiger partial charge in [-0.05, 0) is 13.0 Å². The molecular formula is C12H16F2N2. The second kappa shape index (κ2) is 4.89. The Bertz CT molecular complexity index is 368. The Morgan fingerprint density at radius 1 is 1.44 bits per heavy atom. The molecule has 0 unspecified atom stereocenters. The number of hydrogen-bond donors (Lipinski definition) is 1. The smallest absolute Gasteiger partial charge is 0.130 e. The average Bonchev–Trinajstić information content (AvgIpc) is 2.22. The second-order valence-corrected chi connectivity index (χ2v) is 4.33. The highest BCUT2D eigenvalue weighted by Crippen LogP contribution is 2.13. The molecule has 1 aliphatic heterocycles. The zero-order valence-corrected chi connectivity index (χ0v) is 9.34. The van der Waals surface area contributed by atoms with Crippen molar-refractivity contribution in [2.75, 3.05) is 19.6 Å². The largest absolute Gasteiger partial charge is 0.312 e. The fourth-order valence-electron chi connectivity index (χ4n) is 2.05. The third-order valence-electron chi connectivity index (χ3n) is 2.86. The number of hydrogen-bond acceptors (Lipinski definition) is 2. The summed E-state index contributed by atoms with van der Waals surface area (Å²) in [6.45, 7) is 5.38. The number of piperazine rings is 1. The highest BCUT2D eigenvalue weighted by atomic mass is 19.1. The van der Waals surface area contributed by atoms with Crippen LogP contribution in [0.5, 0.6) is 0 Å². The minimum absolute atomic E-state index is 0.428. The molecule has 0 aliphatic carbocycles. The van der Waals surface area contributed by atoms with E-state index >= 15 is 0 Å². The molecule has 4 heteroatoms. The summed E-state index contributed by atoms with van der Waals surface area (Å²) in [7, 11) is 0. The first-order valence-corrected chi connectivity index (χ1v) is 5.55. The monoisotopic (exact) mass is 226 g/mol. The van der Waals surface area contributed by atoms with Gasteiger partial charge in [-0.1, -0.05) is 6.07 Å². The summed E-state index contributed by atoms with van der Waals surface area (Å²) < 4.78 is 26.1. The van der Waals surface area contributed by atoms with Crippen LogP contribution in [-0.2, 0) is 6.54 Å². The van der Waals surface area contributed by atoms with Crippen molar-refractivity contribution in [3.05, 3.63) is 35.4 Å². The van der Waals surface area contributed by atoms with E-state index < -0.39 is 11.6 Å². The van der Waals surface area contributed by atoms with Crippen LogP contribution < -0.4 is 5.32 Å². The molecule has 0 radical (unpaired) electrons. The van der Waals surface area contributed by atoms with Crippen LogP contribution in [0.25, 0.3) is 0 Å². The number of nitrogens with one attached hydrogen (secondary N) is 1. The molecule has 1 heterocycles. The van der Waals surface area contributed by atoms with Gasteiger partial charge in [0, 0.05) is 43.9 Å². The van der Waals surface area contributed by atoms with Gasteiger partial charge in [0.15, 0.2) is 0 Å². The molecule has 16 heavy (non-hydrogen) atoms. The van der Waals surface area contributed by atoms with Crippen LogP contribution in [0.2, 0.25) is 0 Å². The normalized spacial score (nSPS) is 22.3. The Kier molecular flexibility index (Phi) is 3.51. The predicted molar refractivity (Wildman–Crippen MR) is 59.1 cm³/mol. The molecule has 88 valence electrons. The topological polar surface area (TPSA) is 15.3 Å². The van der Waals surface area contributed by atoms with Crippen LogP contribution in [0, 0.1) is 11.6 Å². The lowest BCUT2D eigenvalue weighted by molar-refractivity contribution is 0.197. The van der Waals surface area contributed by atoms with Crippen LogP contribution in [0.4, 0.5) is 8.78 Å². The highest BCUT2D eigenvalue weighted by Gasteiger charge is 2.16. The Hall–Kier alpha value is -1.00. The number of rotatable bonds is 2. The summed E-state index contributed by atoms with van der Waals surface area (Å²) in [5.74, 6) is -0.971. The van der Waals surface area contributed by atoms with Crippen molar-refractivity contribution in [1.29, 1.82) is 0 Å². The molecular weight excluding hydrogens is 210 g/mol. The van der Waals surface area contributed by atoms with Gasteiger partial charge in [0.05, 0.1) is 0 Å². The minimum atomic E-state index is -0.519. The van der Waals surface area contributed by atoms with Crippen LogP contribution >= 0.6 is 0 Å². The lowest BCUT2D eigenvalue weighted by Crippen LogP contribution is -2.48. The quantitative estimate of drug-likeness (QED) is 0.826. The summed E-state index contributed by atoms with van der Waals surface area (Å²) in [6.07, 6.45) is 0. The van der Waals surface area contributed by atoms with E-state index in [0.717, 1.165) is 25.7 Å². The summed E-state index contributed by atoms with van der Waals surface area (Å²) in [5.41, 5.74) is 0.565. The van der Waals surface area contributed by atoms with Crippen molar-refractivity contribution in [1.82, 2.24) is 10.2 Å². The third kappa shape index (κ3) is 2.77. The van der Waals surface area contributed by atoms with E-state index in [0.29, 0.717) is 18.2 Å². The first kappa shape index (κ1) is 11.5. The maximum absolute atomic E-state index is 13.4. The van der Waals surface area contributed by atoms with Gasteiger partial charge in [0.1, 0.15) is 11.6 Å². The maximum Gasteiger partial charge on any atom is 0.130 e. The lowest BCUT2D eigenvalue weighted by atomic mass is 10.1. The van der Waals surface area contributed by atoms with Gasteiger partial charge in [-0.3, -0.25) is 4.90 Å². The predicted octanol–water partition coefficient (Wildman–Crippen LogP) is 1.76. The number of nitrogens with zero attached hydrogens (tertiary/aromatic N) is 1. The van der Waals surface area contributed by atoms with Gasteiger partial charge in [-0.15, -0.1) is 0 Å². The molecule has 0 aromatic heterocycles. The molecule has 0 saturated carbocycles. The molecule has 1 fully saturated rings. The van der Waals surface area contributed by atoms with Gasteiger partial charge < -0.3 is 5.32 Å². The number of halogens is 2. The summed E-state index contributed by atoms with van der Waals surface area (Å²) in [4.78, 5) is 2.18. The Morgan fingerprint density at radius 2 is 2.25 bits per heavy atom. The van der Waals surface area contributed by atoms with Crippen LogP contribution in [0.15, 0.2) is 18.2 Å². The zero-order valence-electron chi connectivity index (χ0n) is 9.34. The van der Waals surface area contributed by atoms with Gasteiger partial charge in [-0.25, -0.2) is 8.78 Å². The van der Waals surface area contributed by atoms with E-state index in [1.165, 1.54) is 12.1 Å². The first-order valence-electron chi connectivity index (χ1n) is 5.55. The fourth-order valence-corrected chi connectivity index (χ4v) is 2.05. The average molecular weight is 226 g/mol. The summed E-state index contributed by atoms with van der Waals surface area (Å²) >= 11 is 0. The molecule has 0 spiro atoms. The molecule has 2 nitrogen and oxygen atoms in total. The minimum Gasteiger partial charge on any atom is -0.312 e. The van der Waals surface area contributed by atoms with Crippen molar-refractivity contribution < 1.29 is 8.78 Å². The van der Waals surface area contributed by atoms with E-state index in [1.54, 1.807) is 0 Å². The summed E-state index contributed by atoms with van der Waals surface area (Å²) in [6, 6.07) is 4.21. The first-order chi connectivity index (χ1) is 7.65. The second-order valence-electron chi connectivity index (χ2n) is 4.33. The van der Waals surface area contributed by atoms with E-state index in [-0.39, 0.29) is 0 Å². The summed E-state index contributed by atoms with van der Waals surface area (Å²) in [5, 5.41) is 3.33. The molecule has 0 bridgehead atoms. The molecule has 2 rings (SSSR count). The van der Waals surface area contributed by atoms with Gasteiger partial charge in [-0.2, -0.15) is 0 Å². The fraction of sp³-hybridized carbons (Fsp3) is 0.500. The van der Waals surface area contributed by atoms with Crippen molar-refractivity contribution in [2.24, 2.45) is 0 Å². The van der Waals surface area contributed by atoms with E-state index in [4.69, 9.17) is 0 Å². The van der Waals surface area contributed by atoms with Crippen molar-refractivity contribution in [3.63, 3.8) is 0 Å². The zero-order chi connectivity index (χ0) is 11.5. The number of benzene rings is 1. The molecule has 1 saturated heterocycles. The molecule has 1 aromatic carbocycles. The highest BCUT2D eigenvalue weighted by molar-refractivity contribution is 5.18. The van der Waals surface area contributed by atoms with Crippen LogP contribution in [0.1, 0.15) is 12.5 Å². The van der Waals surface area contributed by atoms with E-state index in [9.17, 15) is 8.78 Å². The molecule has 1 aromatic rings. The third-order valence-corrected chi connectivity index (χ3v) is 2.86. The standard InChI is InChI=1S/C12H16F2N2/c1-9-7-16(5-4-15-9)8-10-2-3-11(13)6-12(10)14/h2-3,6,9,15H,4-5,7-8H2,1H3/t9-/m1/s1. The van der Waals surface area contributed by atoms with Crippen molar-refractivity contribution in [3.8, 4) is 0 Å². The lowest BCUT2D eigenvalue weighted by Gasteiger charge is -2.31. The van der Waals surface area contributed by atoms with Crippen LogP contribution in [0.3, 0.4) is 0 Å². The molecule has 1 N–H and O–H groups in total. The Morgan fingerprint density at radius 3 is 2.94 bits per heavy atom. The van der Waals surface area contributed by atoms with E-state index in [1.807, 2.05) is 0 Å². The van der Waals surface area contributed by atoms with Gasteiger partial charge in [0.2, 0.25) is 0 Å².